The van der Waals surface area contributed by atoms with Crippen molar-refractivity contribution in [3.63, 3.8) is 0 Å². The van der Waals surface area contributed by atoms with Gasteiger partial charge in [0.2, 0.25) is 0 Å². The van der Waals surface area contributed by atoms with E-state index in [1.54, 1.807) is 0 Å². The van der Waals surface area contributed by atoms with Crippen molar-refractivity contribution >= 4 is 43.1 Å². The van der Waals surface area contributed by atoms with Crippen LogP contribution in [0.2, 0.25) is 0 Å². The fourth-order valence-corrected chi connectivity index (χ4v) is 13.8. The Balaban J connectivity index is 1.22. The maximum Gasteiger partial charge on any atom is 0.127 e. The molecule has 0 radical (unpaired) electrons. The van der Waals surface area contributed by atoms with E-state index >= 15 is 0 Å². The van der Waals surface area contributed by atoms with Gasteiger partial charge in [0.1, 0.15) is 23.0 Å². The molecule has 10 aromatic carbocycles. The van der Waals surface area contributed by atoms with Crippen molar-refractivity contribution in [1.82, 2.24) is 0 Å². The van der Waals surface area contributed by atoms with Gasteiger partial charge in [0.15, 0.2) is 0 Å². The van der Waals surface area contributed by atoms with Gasteiger partial charge in [-0.1, -0.05) is 185 Å². The van der Waals surface area contributed by atoms with Crippen LogP contribution in [0.25, 0.3) is 43.1 Å². The van der Waals surface area contributed by atoms with E-state index in [1.165, 1.54) is 110 Å². The van der Waals surface area contributed by atoms with Crippen LogP contribution < -0.4 is 18.9 Å². The van der Waals surface area contributed by atoms with Crippen LogP contribution in [0, 0.1) is 0 Å². The van der Waals surface area contributed by atoms with Crippen LogP contribution in [0.5, 0.6) is 23.0 Å². The molecule has 0 amide bonds. The van der Waals surface area contributed by atoms with E-state index in [-0.39, 0.29) is 23.7 Å². The predicted octanol–water partition coefficient (Wildman–Crippen LogP) is 17.9. The molecule has 1 fully saturated rings. The summed E-state index contributed by atoms with van der Waals surface area (Å²) >= 11 is 0. The van der Waals surface area contributed by atoms with Gasteiger partial charge in [0.05, 0.1) is 26.4 Å². The fraction of sp³-hybridized carbons (Fsp3) is 0.278. The number of rotatable bonds is 14. The summed E-state index contributed by atoms with van der Waals surface area (Å²) in [5, 5.41) is 9.90. The van der Waals surface area contributed by atoms with Gasteiger partial charge in [0, 0.05) is 36.8 Å². The topological polar surface area (TPSA) is 36.9 Å². The highest BCUT2D eigenvalue weighted by Gasteiger charge is 2.53. The van der Waals surface area contributed by atoms with Crippen molar-refractivity contribution in [2.75, 3.05) is 26.4 Å². The summed E-state index contributed by atoms with van der Waals surface area (Å²) in [7, 11) is 0. The quantitative estimate of drug-likeness (QED) is 0.102. The van der Waals surface area contributed by atoms with Crippen LogP contribution in [0.15, 0.2) is 170 Å². The van der Waals surface area contributed by atoms with Gasteiger partial charge in [-0.3, -0.25) is 0 Å². The molecule has 4 atom stereocenters. The highest BCUT2D eigenvalue weighted by atomic mass is 16.5. The minimum absolute atomic E-state index is 0.147. The molecule has 0 aliphatic heterocycles. The summed E-state index contributed by atoms with van der Waals surface area (Å²) in [6.45, 7) is 11.3. The third kappa shape index (κ3) is 8.36. The van der Waals surface area contributed by atoms with E-state index in [0.717, 1.165) is 48.7 Å². The first kappa shape index (κ1) is 48.1. The lowest BCUT2D eigenvalue weighted by atomic mass is 9.49. The summed E-state index contributed by atoms with van der Waals surface area (Å²) in [5.41, 5.74) is 15.1. The molecule has 10 bridgehead atoms. The van der Waals surface area contributed by atoms with Crippen molar-refractivity contribution in [2.24, 2.45) is 0 Å². The van der Waals surface area contributed by atoms with Gasteiger partial charge in [-0.2, -0.15) is 0 Å². The highest BCUT2D eigenvalue weighted by molar-refractivity contribution is 6.11. The third-order valence-corrected chi connectivity index (χ3v) is 16.8. The lowest BCUT2D eigenvalue weighted by Gasteiger charge is -2.54. The van der Waals surface area contributed by atoms with Crippen LogP contribution in [0.1, 0.15) is 144 Å². The minimum Gasteiger partial charge on any atom is -0.493 e. The molecule has 0 aromatic heterocycles. The molecule has 0 heterocycles. The van der Waals surface area contributed by atoms with Crippen LogP contribution >= 0.6 is 0 Å². The van der Waals surface area contributed by atoms with Crippen molar-refractivity contribution in [3.05, 3.63) is 237 Å². The Morgan fingerprint density at radius 2 is 0.618 bits per heavy atom. The first-order valence-electron chi connectivity index (χ1n) is 28.4. The zero-order chi connectivity index (χ0) is 51.3. The Bertz CT molecular complexity index is 3550. The molecule has 4 nitrogen and oxygen atoms in total. The number of benzene rings is 10. The highest BCUT2D eigenvalue weighted by Crippen LogP contribution is 2.67. The second-order valence-electron chi connectivity index (χ2n) is 21.8. The third-order valence-electron chi connectivity index (χ3n) is 16.8. The van der Waals surface area contributed by atoms with Crippen molar-refractivity contribution in [3.8, 4) is 23.0 Å². The molecule has 13 rings (SSSR count). The van der Waals surface area contributed by atoms with Crippen molar-refractivity contribution < 1.29 is 18.9 Å². The Hall–Kier alpha value is -7.56. The molecule has 0 saturated heterocycles. The van der Waals surface area contributed by atoms with Gasteiger partial charge in [0.25, 0.3) is 0 Å². The number of fused-ring (bicyclic) bond motifs is 16. The Morgan fingerprint density at radius 1 is 0.303 bits per heavy atom. The SMILES string of the molecule is CCCOc1c2cc3cc1Cc1c(OCCC)c(cc4ccc5ccccc5c14)Cc1cc(cc(c1OCCC)Cc1c(OCCC)c(cc4ccc5ccccc5c14)C2)C1C(c2ccccc2)C(c2ccccc2)C31. The number of hydrogen-bond acceptors (Lipinski definition) is 4. The van der Waals surface area contributed by atoms with E-state index in [4.69, 9.17) is 18.9 Å². The minimum atomic E-state index is 0.147. The Kier molecular flexibility index (Phi) is 13.0. The van der Waals surface area contributed by atoms with Gasteiger partial charge >= 0.3 is 0 Å². The molecule has 0 spiro atoms. The Morgan fingerprint density at radius 3 is 1.01 bits per heavy atom. The molecular formula is C72H68O4. The summed E-state index contributed by atoms with van der Waals surface area (Å²) in [6.07, 6.45) is 6.17. The molecule has 4 unspecified atom stereocenters. The van der Waals surface area contributed by atoms with Gasteiger partial charge in [-0.25, -0.2) is 0 Å². The molecule has 0 N–H and O–H groups in total. The smallest absolute Gasteiger partial charge is 0.127 e. The lowest BCUT2D eigenvalue weighted by molar-refractivity contribution is 0.228. The molecule has 4 heteroatoms. The first-order valence-corrected chi connectivity index (χ1v) is 28.4. The maximum atomic E-state index is 7.30. The van der Waals surface area contributed by atoms with Gasteiger partial charge in [-0.05, 0) is 160 Å². The summed E-state index contributed by atoms with van der Waals surface area (Å²) in [4.78, 5) is 0. The first-order chi connectivity index (χ1) is 37.5. The zero-order valence-electron chi connectivity index (χ0n) is 44.6. The molecular weight excluding hydrogens is 929 g/mol. The van der Waals surface area contributed by atoms with Crippen molar-refractivity contribution in [2.45, 2.75) is 103 Å². The van der Waals surface area contributed by atoms with Crippen molar-refractivity contribution in [1.29, 1.82) is 0 Å². The van der Waals surface area contributed by atoms with Crippen LogP contribution in [0.3, 0.4) is 0 Å². The molecule has 3 aliphatic carbocycles. The molecule has 76 heavy (non-hydrogen) atoms. The molecule has 10 aromatic rings. The predicted molar refractivity (Wildman–Crippen MR) is 314 cm³/mol. The van der Waals surface area contributed by atoms with Gasteiger partial charge < -0.3 is 18.9 Å². The monoisotopic (exact) mass is 997 g/mol. The standard InChI is InChI=1S/C72H68O4/c1-5-31-73-69-53-37-51-39-57(69)43-61-63-50(30-28-45-19-15-17-25-59(45)63)36-56(72(61)76-34-8-4)42-54-38-52(68-66(48-23-13-10-14-24-48)65(67(51)68)47-21-11-9-12-22-47)40-58(70(54)74-32-6-2)44-62-64-49(29-27-46-20-16-18-26-60(46)64)35-55(41-53)71(62)75-33-7-3/h9-30,35-40,65-68H,5-8,31-34,41-44H2,1-4H3. The average Bonchev–Trinajstić information content (AvgIpc) is 3.61. The summed E-state index contributed by atoms with van der Waals surface area (Å²) in [5.74, 6) is 4.67. The second-order valence-corrected chi connectivity index (χ2v) is 21.8. The fourth-order valence-electron chi connectivity index (χ4n) is 13.8. The number of ether oxygens (including phenoxy) is 4. The van der Waals surface area contributed by atoms with E-state index in [9.17, 15) is 0 Å². The largest absolute Gasteiger partial charge is 0.493 e. The zero-order valence-corrected chi connectivity index (χ0v) is 44.6. The molecule has 3 aliphatic rings. The van der Waals surface area contributed by atoms with Crippen LogP contribution in [-0.4, -0.2) is 26.4 Å². The summed E-state index contributed by atoms with van der Waals surface area (Å²) < 4.78 is 29.1. The maximum absolute atomic E-state index is 7.30. The van der Waals surface area contributed by atoms with E-state index < -0.39 is 0 Å². The molecule has 380 valence electrons. The summed E-state index contributed by atoms with van der Waals surface area (Å²) in [6, 6.07) is 65.0. The van der Waals surface area contributed by atoms with E-state index in [1.807, 2.05) is 0 Å². The second kappa shape index (κ2) is 20.5. The lowest BCUT2D eigenvalue weighted by Crippen LogP contribution is -2.40. The van der Waals surface area contributed by atoms with Gasteiger partial charge in [-0.15, -0.1) is 0 Å². The van der Waals surface area contributed by atoms with E-state index in [2.05, 4.69) is 198 Å². The average molecular weight is 997 g/mol. The Labute approximate surface area is 448 Å². The normalized spacial score (nSPS) is 17.4. The van der Waals surface area contributed by atoms with Crippen LogP contribution in [-0.2, 0) is 25.7 Å². The van der Waals surface area contributed by atoms with E-state index in [0.29, 0.717) is 52.1 Å². The number of hydrogen-bond donors (Lipinski definition) is 0. The van der Waals surface area contributed by atoms with Crippen LogP contribution in [0.4, 0.5) is 0 Å². The molecule has 1 saturated carbocycles.